The van der Waals surface area contributed by atoms with Crippen LogP contribution in [0.2, 0.25) is 0 Å². The first-order valence-electron chi connectivity index (χ1n) is 8.28. The number of hydrogen-bond donors (Lipinski definition) is 1. The highest BCUT2D eigenvalue weighted by atomic mass is 16.2. The van der Waals surface area contributed by atoms with E-state index in [9.17, 15) is 4.79 Å². The van der Waals surface area contributed by atoms with E-state index >= 15 is 0 Å². The van der Waals surface area contributed by atoms with Crippen LogP contribution in [0.5, 0.6) is 0 Å². The van der Waals surface area contributed by atoms with Gasteiger partial charge in [-0.3, -0.25) is 9.69 Å². The summed E-state index contributed by atoms with van der Waals surface area (Å²) in [7, 11) is 0. The van der Waals surface area contributed by atoms with Gasteiger partial charge in [-0.25, -0.2) is 0 Å². The molecule has 1 N–H and O–H groups in total. The first kappa shape index (κ1) is 17.2. The molecule has 0 spiro atoms. The second-order valence-electron chi connectivity index (χ2n) is 5.74. The average molecular weight is 310 g/mol. The summed E-state index contributed by atoms with van der Waals surface area (Å²) in [6.45, 7) is 8.49. The van der Waals surface area contributed by atoms with E-state index in [0.29, 0.717) is 6.54 Å². The number of nitrogens with one attached hydrogen (secondary N) is 1. The second kappa shape index (κ2) is 8.49. The van der Waals surface area contributed by atoms with Crippen LogP contribution in [0.15, 0.2) is 54.6 Å². The lowest BCUT2D eigenvalue weighted by Gasteiger charge is -2.29. The van der Waals surface area contributed by atoms with E-state index in [-0.39, 0.29) is 11.9 Å². The van der Waals surface area contributed by atoms with Crippen molar-refractivity contribution in [3.8, 4) is 0 Å². The molecular weight excluding hydrogens is 284 g/mol. The zero-order valence-electron chi connectivity index (χ0n) is 14.3. The SMILES string of the molecule is CCN(CC)C(C(=O)NCc1cccc(C)c1)c1ccccc1. The summed E-state index contributed by atoms with van der Waals surface area (Å²) in [6.07, 6.45) is 0. The number of carbonyl (C=O) groups excluding carboxylic acids is 1. The number of amides is 1. The highest BCUT2D eigenvalue weighted by molar-refractivity contribution is 5.83. The average Bonchev–Trinajstić information content (AvgIpc) is 2.58. The van der Waals surface area contributed by atoms with Crippen LogP contribution in [0.25, 0.3) is 0 Å². The highest BCUT2D eigenvalue weighted by Crippen LogP contribution is 2.20. The largest absolute Gasteiger partial charge is 0.350 e. The van der Waals surface area contributed by atoms with Crippen LogP contribution in [-0.2, 0) is 11.3 Å². The van der Waals surface area contributed by atoms with Gasteiger partial charge in [0.05, 0.1) is 0 Å². The van der Waals surface area contributed by atoms with Crippen LogP contribution < -0.4 is 5.32 Å². The molecule has 1 amide bonds. The minimum Gasteiger partial charge on any atom is -0.350 e. The van der Waals surface area contributed by atoms with Gasteiger partial charge in [-0.2, -0.15) is 0 Å². The molecule has 1 unspecified atom stereocenters. The Morgan fingerprint density at radius 2 is 1.74 bits per heavy atom. The van der Waals surface area contributed by atoms with Gasteiger partial charge in [0.1, 0.15) is 6.04 Å². The van der Waals surface area contributed by atoms with E-state index in [1.54, 1.807) is 0 Å². The Kier molecular flexibility index (Phi) is 6.36. The Bertz CT molecular complexity index is 621. The summed E-state index contributed by atoms with van der Waals surface area (Å²) < 4.78 is 0. The molecule has 0 aliphatic heterocycles. The zero-order valence-corrected chi connectivity index (χ0v) is 14.3. The van der Waals surface area contributed by atoms with Gasteiger partial charge in [0.25, 0.3) is 0 Å². The lowest BCUT2D eigenvalue weighted by molar-refractivity contribution is -0.126. The number of benzene rings is 2. The summed E-state index contributed by atoms with van der Waals surface area (Å²) in [5.74, 6) is 0.0569. The van der Waals surface area contributed by atoms with Crippen molar-refractivity contribution in [3.63, 3.8) is 0 Å². The predicted molar refractivity (Wildman–Crippen MR) is 95.1 cm³/mol. The second-order valence-corrected chi connectivity index (χ2v) is 5.74. The van der Waals surface area contributed by atoms with Crippen molar-refractivity contribution in [2.45, 2.75) is 33.4 Å². The zero-order chi connectivity index (χ0) is 16.7. The summed E-state index contributed by atoms with van der Waals surface area (Å²) >= 11 is 0. The number of likely N-dealkylation sites (N-methyl/N-ethyl adjacent to an activating group) is 1. The van der Waals surface area contributed by atoms with E-state index in [4.69, 9.17) is 0 Å². The fraction of sp³-hybridized carbons (Fsp3) is 0.350. The third-order valence-electron chi connectivity index (χ3n) is 4.09. The summed E-state index contributed by atoms with van der Waals surface area (Å²) in [5.41, 5.74) is 3.38. The summed E-state index contributed by atoms with van der Waals surface area (Å²) in [4.78, 5) is 15.0. The molecule has 1 atom stereocenters. The Morgan fingerprint density at radius 3 is 2.35 bits per heavy atom. The molecule has 122 valence electrons. The van der Waals surface area contributed by atoms with Gasteiger partial charge in [-0.1, -0.05) is 74.0 Å². The summed E-state index contributed by atoms with van der Waals surface area (Å²) in [5, 5.41) is 3.09. The fourth-order valence-corrected chi connectivity index (χ4v) is 2.86. The monoisotopic (exact) mass is 310 g/mol. The van der Waals surface area contributed by atoms with Gasteiger partial charge in [0.15, 0.2) is 0 Å². The maximum absolute atomic E-state index is 12.8. The van der Waals surface area contributed by atoms with Crippen molar-refractivity contribution in [1.82, 2.24) is 10.2 Å². The molecule has 0 saturated carbocycles. The molecular formula is C20H26N2O. The van der Waals surface area contributed by atoms with Crippen molar-refractivity contribution < 1.29 is 4.79 Å². The number of rotatable bonds is 7. The molecule has 0 aromatic heterocycles. The molecule has 2 aromatic rings. The standard InChI is InChI=1S/C20H26N2O/c1-4-22(5-2)19(18-12-7-6-8-13-18)20(23)21-15-17-11-9-10-16(3)14-17/h6-14,19H,4-5,15H2,1-3H3,(H,21,23). The van der Waals surface area contributed by atoms with Gasteiger partial charge in [-0.15, -0.1) is 0 Å². The molecule has 0 fully saturated rings. The number of hydrogen-bond acceptors (Lipinski definition) is 2. The molecule has 0 saturated heterocycles. The van der Waals surface area contributed by atoms with E-state index in [2.05, 4.69) is 43.1 Å². The first-order valence-corrected chi connectivity index (χ1v) is 8.28. The Balaban J connectivity index is 2.13. The third kappa shape index (κ3) is 4.67. The quantitative estimate of drug-likeness (QED) is 0.846. The summed E-state index contributed by atoms with van der Waals surface area (Å²) in [6, 6.07) is 18.0. The fourth-order valence-electron chi connectivity index (χ4n) is 2.86. The molecule has 2 rings (SSSR count). The van der Waals surface area contributed by atoms with Crippen LogP contribution in [0.4, 0.5) is 0 Å². The van der Waals surface area contributed by atoms with Crippen molar-refractivity contribution in [2.75, 3.05) is 13.1 Å². The number of carbonyl (C=O) groups is 1. The van der Waals surface area contributed by atoms with E-state index in [1.165, 1.54) is 5.56 Å². The molecule has 0 radical (unpaired) electrons. The number of nitrogens with zero attached hydrogens (tertiary/aromatic N) is 1. The van der Waals surface area contributed by atoms with Gasteiger partial charge >= 0.3 is 0 Å². The minimum absolute atomic E-state index is 0.0569. The van der Waals surface area contributed by atoms with Crippen LogP contribution in [-0.4, -0.2) is 23.9 Å². The van der Waals surface area contributed by atoms with Crippen molar-refractivity contribution >= 4 is 5.91 Å². The normalized spacial score (nSPS) is 12.2. The Hall–Kier alpha value is -2.13. The molecule has 23 heavy (non-hydrogen) atoms. The third-order valence-corrected chi connectivity index (χ3v) is 4.09. The Labute approximate surface area is 139 Å². The lowest BCUT2D eigenvalue weighted by atomic mass is 10.0. The van der Waals surface area contributed by atoms with Crippen molar-refractivity contribution in [1.29, 1.82) is 0 Å². The van der Waals surface area contributed by atoms with E-state index in [1.807, 2.05) is 42.5 Å². The van der Waals surface area contributed by atoms with Crippen LogP contribution >= 0.6 is 0 Å². The molecule has 0 aliphatic rings. The Morgan fingerprint density at radius 1 is 1.04 bits per heavy atom. The topological polar surface area (TPSA) is 32.3 Å². The molecule has 0 aliphatic carbocycles. The van der Waals surface area contributed by atoms with Crippen LogP contribution in [0, 0.1) is 6.92 Å². The number of aryl methyl sites for hydroxylation is 1. The molecule has 3 nitrogen and oxygen atoms in total. The van der Waals surface area contributed by atoms with E-state index in [0.717, 1.165) is 24.2 Å². The van der Waals surface area contributed by atoms with Gasteiger partial charge in [0.2, 0.25) is 5.91 Å². The molecule has 2 aromatic carbocycles. The molecule has 3 heteroatoms. The smallest absolute Gasteiger partial charge is 0.242 e. The molecule has 0 bridgehead atoms. The van der Waals surface area contributed by atoms with Crippen LogP contribution in [0.1, 0.15) is 36.6 Å². The highest BCUT2D eigenvalue weighted by Gasteiger charge is 2.25. The van der Waals surface area contributed by atoms with Crippen molar-refractivity contribution in [2.24, 2.45) is 0 Å². The van der Waals surface area contributed by atoms with E-state index < -0.39 is 0 Å². The van der Waals surface area contributed by atoms with Crippen molar-refractivity contribution in [3.05, 3.63) is 71.3 Å². The molecule has 0 heterocycles. The minimum atomic E-state index is -0.240. The lowest BCUT2D eigenvalue weighted by Crippen LogP contribution is -2.40. The maximum Gasteiger partial charge on any atom is 0.242 e. The van der Waals surface area contributed by atoms with Gasteiger partial charge in [-0.05, 0) is 31.1 Å². The first-order chi connectivity index (χ1) is 11.2. The van der Waals surface area contributed by atoms with Crippen LogP contribution in [0.3, 0.4) is 0 Å². The maximum atomic E-state index is 12.8. The van der Waals surface area contributed by atoms with Gasteiger partial charge in [0, 0.05) is 6.54 Å². The predicted octanol–water partition coefficient (Wildman–Crippen LogP) is 3.69. The van der Waals surface area contributed by atoms with Gasteiger partial charge < -0.3 is 5.32 Å².